The van der Waals surface area contributed by atoms with Crippen LogP contribution in [-0.4, -0.2) is 30.2 Å². The molecule has 0 atom stereocenters. The van der Waals surface area contributed by atoms with Crippen LogP contribution < -0.4 is 10.6 Å². The summed E-state index contributed by atoms with van der Waals surface area (Å²) in [6.07, 6.45) is -0.642. The van der Waals surface area contributed by atoms with Gasteiger partial charge in [-0.15, -0.1) is 0 Å². The zero-order chi connectivity index (χ0) is 20.7. The van der Waals surface area contributed by atoms with E-state index >= 15 is 0 Å². The van der Waals surface area contributed by atoms with Crippen molar-refractivity contribution in [2.24, 2.45) is 0 Å². The lowest BCUT2D eigenvalue weighted by Crippen LogP contribution is -2.27. The number of rotatable bonds is 5. The van der Waals surface area contributed by atoms with E-state index in [1.807, 2.05) is 0 Å². The molecule has 2 rings (SSSR count). The molecule has 0 heterocycles. The lowest BCUT2D eigenvalue weighted by atomic mass is 10.2. The molecule has 0 aliphatic carbocycles. The molecule has 148 valence electrons. The number of nitrogens with one attached hydrogen (secondary N) is 2. The first-order valence-corrected chi connectivity index (χ1v) is 8.83. The van der Waals surface area contributed by atoms with Gasteiger partial charge in [0.1, 0.15) is 5.60 Å². The van der Waals surface area contributed by atoms with Gasteiger partial charge >= 0.3 is 12.1 Å². The third-order valence-electron chi connectivity index (χ3n) is 3.23. The van der Waals surface area contributed by atoms with Crippen LogP contribution >= 0.6 is 11.6 Å². The minimum absolute atomic E-state index is 0.180. The highest BCUT2D eigenvalue weighted by atomic mass is 35.5. The monoisotopic (exact) mass is 404 g/mol. The molecule has 0 aromatic heterocycles. The average Bonchev–Trinajstić information content (AvgIpc) is 2.60. The number of anilines is 2. The molecule has 0 spiro atoms. The highest BCUT2D eigenvalue weighted by molar-refractivity contribution is 6.33. The lowest BCUT2D eigenvalue weighted by molar-refractivity contribution is -0.119. The molecule has 7 nitrogen and oxygen atoms in total. The number of hydrogen-bond acceptors (Lipinski definition) is 5. The van der Waals surface area contributed by atoms with Crippen molar-refractivity contribution in [3.63, 3.8) is 0 Å². The number of benzene rings is 2. The van der Waals surface area contributed by atoms with Crippen LogP contribution in [-0.2, 0) is 14.3 Å². The summed E-state index contributed by atoms with van der Waals surface area (Å²) in [5.74, 6) is -1.23. The number of esters is 1. The summed E-state index contributed by atoms with van der Waals surface area (Å²) < 4.78 is 10.2. The van der Waals surface area contributed by atoms with E-state index < -0.39 is 30.2 Å². The minimum Gasteiger partial charge on any atom is -0.452 e. The van der Waals surface area contributed by atoms with Gasteiger partial charge in [0.05, 0.1) is 16.3 Å². The summed E-state index contributed by atoms with van der Waals surface area (Å²) in [6, 6.07) is 12.8. The Morgan fingerprint density at radius 1 is 1.00 bits per heavy atom. The van der Waals surface area contributed by atoms with Gasteiger partial charge in [0.25, 0.3) is 5.91 Å². The fourth-order valence-corrected chi connectivity index (χ4v) is 2.29. The van der Waals surface area contributed by atoms with Gasteiger partial charge in [0.15, 0.2) is 6.61 Å². The highest BCUT2D eigenvalue weighted by Gasteiger charge is 2.17. The van der Waals surface area contributed by atoms with Crippen molar-refractivity contribution in [3.05, 3.63) is 59.1 Å². The van der Waals surface area contributed by atoms with E-state index in [9.17, 15) is 14.4 Å². The van der Waals surface area contributed by atoms with Crippen LogP contribution in [0.2, 0.25) is 5.02 Å². The molecule has 0 radical (unpaired) electrons. The molecule has 2 amide bonds. The van der Waals surface area contributed by atoms with E-state index in [0.29, 0.717) is 16.4 Å². The summed E-state index contributed by atoms with van der Waals surface area (Å²) in [5, 5.41) is 5.47. The topological polar surface area (TPSA) is 93.7 Å². The van der Waals surface area contributed by atoms with Crippen LogP contribution in [0.3, 0.4) is 0 Å². The van der Waals surface area contributed by atoms with Crippen LogP contribution in [0.4, 0.5) is 16.2 Å². The third-order valence-corrected chi connectivity index (χ3v) is 3.56. The zero-order valence-corrected chi connectivity index (χ0v) is 16.5. The average molecular weight is 405 g/mol. The fraction of sp³-hybridized carbons (Fsp3) is 0.250. The molecule has 2 N–H and O–H groups in total. The Balaban J connectivity index is 1.91. The Labute approximate surface area is 168 Å². The molecule has 8 heteroatoms. The molecule has 0 fully saturated rings. The quantitative estimate of drug-likeness (QED) is 0.716. The van der Waals surface area contributed by atoms with Gasteiger partial charge in [-0.2, -0.15) is 0 Å². The summed E-state index contributed by atoms with van der Waals surface area (Å²) in [5.41, 5.74) is 0.326. The van der Waals surface area contributed by atoms with E-state index in [1.54, 1.807) is 57.2 Å². The second-order valence-electron chi connectivity index (χ2n) is 6.81. The maximum absolute atomic E-state index is 12.2. The second kappa shape index (κ2) is 9.23. The van der Waals surface area contributed by atoms with E-state index in [1.165, 1.54) is 12.1 Å². The van der Waals surface area contributed by atoms with E-state index in [0.717, 1.165) is 0 Å². The highest BCUT2D eigenvalue weighted by Crippen LogP contribution is 2.20. The van der Waals surface area contributed by atoms with E-state index in [-0.39, 0.29) is 5.56 Å². The Kier molecular flexibility index (Phi) is 7.00. The molecular formula is C20H21ClN2O5. The van der Waals surface area contributed by atoms with Crippen molar-refractivity contribution >= 4 is 40.9 Å². The van der Waals surface area contributed by atoms with Crippen LogP contribution in [0.25, 0.3) is 0 Å². The molecule has 0 aliphatic rings. The number of carbonyl (C=O) groups excluding carboxylic acids is 3. The molecule has 2 aromatic rings. The number of ether oxygens (including phenoxy) is 2. The van der Waals surface area contributed by atoms with Crippen molar-refractivity contribution in [2.45, 2.75) is 26.4 Å². The second-order valence-corrected chi connectivity index (χ2v) is 7.22. The van der Waals surface area contributed by atoms with E-state index in [4.69, 9.17) is 21.1 Å². The van der Waals surface area contributed by atoms with Gasteiger partial charge in [0.2, 0.25) is 0 Å². The van der Waals surface area contributed by atoms with Crippen molar-refractivity contribution in [3.8, 4) is 0 Å². The fourth-order valence-electron chi connectivity index (χ4n) is 2.11. The number of para-hydroxylation sites is 1. The normalized spacial score (nSPS) is 10.7. The standard InChI is InChI=1S/C20H21ClN2O5/c1-20(2,3)28-19(26)22-14-8-6-7-13(11-14)18(25)27-12-17(24)23-16-10-5-4-9-15(16)21/h4-11H,12H2,1-3H3,(H,22,26)(H,23,24). The Morgan fingerprint density at radius 3 is 2.39 bits per heavy atom. The first kappa shape index (κ1) is 21.2. The van der Waals surface area contributed by atoms with Gasteiger partial charge in [0, 0.05) is 5.69 Å². The molecule has 28 heavy (non-hydrogen) atoms. The summed E-state index contributed by atoms with van der Waals surface area (Å²) in [7, 11) is 0. The Morgan fingerprint density at radius 2 is 1.71 bits per heavy atom. The molecular weight excluding hydrogens is 384 g/mol. The Bertz CT molecular complexity index is 877. The summed E-state index contributed by atoms with van der Waals surface area (Å²) in [6.45, 7) is 4.75. The van der Waals surface area contributed by atoms with Crippen molar-refractivity contribution in [1.29, 1.82) is 0 Å². The van der Waals surface area contributed by atoms with Crippen LogP contribution in [0, 0.1) is 0 Å². The first-order chi connectivity index (χ1) is 13.1. The van der Waals surface area contributed by atoms with Crippen molar-refractivity contribution in [2.75, 3.05) is 17.2 Å². The number of amides is 2. The summed E-state index contributed by atoms with van der Waals surface area (Å²) >= 11 is 5.96. The predicted molar refractivity (Wildman–Crippen MR) is 107 cm³/mol. The largest absolute Gasteiger partial charge is 0.452 e. The molecule has 0 bridgehead atoms. The first-order valence-electron chi connectivity index (χ1n) is 8.45. The zero-order valence-electron chi connectivity index (χ0n) is 15.7. The maximum atomic E-state index is 12.2. The molecule has 0 saturated heterocycles. The maximum Gasteiger partial charge on any atom is 0.412 e. The number of carbonyl (C=O) groups is 3. The summed E-state index contributed by atoms with van der Waals surface area (Å²) in [4.78, 5) is 35.9. The van der Waals surface area contributed by atoms with E-state index in [2.05, 4.69) is 10.6 Å². The number of hydrogen-bond donors (Lipinski definition) is 2. The Hall–Kier alpha value is -3.06. The van der Waals surface area contributed by atoms with Crippen molar-refractivity contribution < 1.29 is 23.9 Å². The molecule has 2 aromatic carbocycles. The molecule has 0 saturated carbocycles. The predicted octanol–water partition coefficient (Wildman–Crippen LogP) is 4.48. The SMILES string of the molecule is CC(C)(C)OC(=O)Nc1cccc(C(=O)OCC(=O)Nc2ccccc2Cl)c1. The molecule has 0 aliphatic heterocycles. The number of halogens is 1. The van der Waals surface area contributed by atoms with Crippen LogP contribution in [0.15, 0.2) is 48.5 Å². The van der Waals surface area contributed by atoms with Crippen molar-refractivity contribution in [1.82, 2.24) is 0 Å². The lowest BCUT2D eigenvalue weighted by Gasteiger charge is -2.19. The van der Waals surface area contributed by atoms with Crippen LogP contribution in [0.5, 0.6) is 0 Å². The smallest absolute Gasteiger partial charge is 0.412 e. The van der Waals surface area contributed by atoms with Gasteiger partial charge in [-0.1, -0.05) is 29.8 Å². The third kappa shape index (κ3) is 6.92. The molecule has 0 unspecified atom stereocenters. The van der Waals surface area contributed by atoms with Gasteiger partial charge < -0.3 is 14.8 Å². The van der Waals surface area contributed by atoms with Gasteiger partial charge in [-0.3, -0.25) is 10.1 Å². The van der Waals surface area contributed by atoms with Gasteiger partial charge in [-0.25, -0.2) is 9.59 Å². The minimum atomic E-state index is -0.706. The van der Waals surface area contributed by atoms with Gasteiger partial charge in [-0.05, 0) is 51.1 Å². The van der Waals surface area contributed by atoms with Crippen LogP contribution in [0.1, 0.15) is 31.1 Å².